The van der Waals surface area contributed by atoms with Crippen LogP contribution in [0.4, 0.5) is 0 Å². The summed E-state index contributed by atoms with van der Waals surface area (Å²) in [6.07, 6.45) is 2.15. The maximum absolute atomic E-state index is 11.7. The van der Waals surface area contributed by atoms with Gasteiger partial charge >= 0.3 is 0 Å². The number of hydrogen-bond acceptors (Lipinski definition) is 3. The number of hydrogen-bond donors (Lipinski definition) is 0. The van der Waals surface area contributed by atoms with Crippen molar-refractivity contribution in [3.05, 3.63) is 23.8 Å². The first-order valence-electron chi connectivity index (χ1n) is 5.61. The van der Waals surface area contributed by atoms with Gasteiger partial charge in [0.1, 0.15) is 10.6 Å². The van der Waals surface area contributed by atoms with Crippen molar-refractivity contribution < 1.29 is 13.2 Å². The first-order chi connectivity index (χ1) is 7.72. The van der Waals surface area contributed by atoms with Crippen LogP contribution in [-0.4, -0.2) is 21.8 Å². The van der Waals surface area contributed by atoms with Crippen LogP contribution in [0.25, 0.3) is 0 Å². The van der Waals surface area contributed by atoms with E-state index in [1.54, 1.807) is 12.1 Å². The highest BCUT2D eigenvalue weighted by atomic mass is 32.2. The Kier molecular flexibility index (Phi) is 3.87. The molecule has 0 bridgehead atoms. The summed E-state index contributed by atoms with van der Waals surface area (Å²) in [5.41, 5.74) is 0.979. The van der Waals surface area contributed by atoms with Gasteiger partial charge in [-0.1, -0.05) is 26.8 Å². The predicted octanol–water partition coefficient (Wildman–Crippen LogP) is 2.79. The minimum atomic E-state index is -3.26. The van der Waals surface area contributed by atoms with Crippen LogP contribution in [0.1, 0.15) is 32.8 Å². The molecular weight excluding hydrogens is 236 g/mol. The van der Waals surface area contributed by atoms with E-state index < -0.39 is 9.84 Å². The second-order valence-corrected chi connectivity index (χ2v) is 6.86. The Morgan fingerprint density at radius 3 is 2.29 bits per heavy atom. The number of sulfone groups is 1. The Bertz CT molecular complexity index is 501. The maximum Gasteiger partial charge on any atom is 0.179 e. The fourth-order valence-electron chi connectivity index (χ4n) is 1.59. The summed E-state index contributed by atoms with van der Waals surface area (Å²) in [6, 6.07) is 5.37. The zero-order valence-electron chi connectivity index (χ0n) is 11.1. The molecule has 0 radical (unpaired) electrons. The average Bonchev–Trinajstić information content (AvgIpc) is 2.27. The summed E-state index contributed by atoms with van der Waals surface area (Å²) in [5.74, 6) is 0.406. The lowest BCUT2D eigenvalue weighted by atomic mass is 9.82. The highest BCUT2D eigenvalue weighted by Gasteiger charge is 2.22. The Hall–Kier alpha value is -1.03. The molecule has 0 aliphatic carbocycles. The average molecular weight is 256 g/mol. The molecule has 0 heterocycles. The number of methoxy groups -OCH3 is 1. The van der Waals surface area contributed by atoms with Gasteiger partial charge in [-0.05, 0) is 29.5 Å². The molecule has 0 saturated carbocycles. The van der Waals surface area contributed by atoms with E-state index in [0.29, 0.717) is 5.75 Å². The van der Waals surface area contributed by atoms with Gasteiger partial charge in [0, 0.05) is 6.26 Å². The van der Waals surface area contributed by atoms with E-state index >= 15 is 0 Å². The van der Waals surface area contributed by atoms with Crippen LogP contribution in [-0.2, 0) is 15.3 Å². The predicted molar refractivity (Wildman–Crippen MR) is 69.4 cm³/mol. The van der Waals surface area contributed by atoms with E-state index in [2.05, 4.69) is 20.8 Å². The molecule has 0 saturated heterocycles. The van der Waals surface area contributed by atoms with Crippen LogP contribution in [0.2, 0.25) is 0 Å². The number of benzene rings is 1. The Labute approximate surface area is 104 Å². The lowest BCUT2D eigenvalue weighted by Crippen LogP contribution is -2.16. The molecule has 0 spiro atoms. The van der Waals surface area contributed by atoms with Crippen molar-refractivity contribution in [1.82, 2.24) is 0 Å². The Balaban J connectivity index is 3.43. The molecule has 3 nitrogen and oxygen atoms in total. The molecule has 0 fully saturated rings. The summed E-state index contributed by atoms with van der Waals surface area (Å²) in [7, 11) is -1.78. The van der Waals surface area contributed by atoms with Crippen molar-refractivity contribution in [2.75, 3.05) is 13.4 Å². The topological polar surface area (TPSA) is 43.4 Å². The maximum atomic E-state index is 11.7. The van der Waals surface area contributed by atoms with E-state index in [1.165, 1.54) is 13.4 Å². The van der Waals surface area contributed by atoms with E-state index in [1.807, 2.05) is 6.07 Å². The summed E-state index contributed by atoms with van der Waals surface area (Å²) in [6.45, 7) is 6.28. The van der Waals surface area contributed by atoms with E-state index in [-0.39, 0.29) is 10.3 Å². The molecular formula is C13H20O3S. The molecule has 96 valence electrons. The number of ether oxygens (including phenoxy) is 1. The molecule has 1 aromatic rings. The smallest absolute Gasteiger partial charge is 0.179 e. The van der Waals surface area contributed by atoms with Gasteiger partial charge in [0.05, 0.1) is 7.11 Å². The summed E-state index contributed by atoms with van der Waals surface area (Å²) in [5, 5.41) is 0. The zero-order chi connectivity index (χ0) is 13.3. The van der Waals surface area contributed by atoms with Crippen LogP contribution in [0.3, 0.4) is 0 Å². The molecule has 0 amide bonds. The summed E-state index contributed by atoms with van der Waals surface area (Å²) >= 11 is 0. The molecule has 17 heavy (non-hydrogen) atoms. The second kappa shape index (κ2) is 4.69. The fourth-order valence-corrected chi connectivity index (χ4v) is 2.45. The first kappa shape index (κ1) is 14.0. The lowest BCUT2D eigenvalue weighted by molar-refractivity contribution is 0.401. The van der Waals surface area contributed by atoms with Crippen LogP contribution in [0, 0.1) is 0 Å². The largest absolute Gasteiger partial charge is 0.495 e. The van der Waals surface area contributed by atoms with Crippen molar-refractivity contribution in [2.45, 2.75) is 37.5 Å². The Morgan fingerprint density at radius 1 is 1.29 bits per heavy atom. The minimum Gasteiger partial charge on any atom is -0.495 e. The van der Waals surface area contributed by atoms with Crippen molar-refractivity contribution in [1.29, 1.82) is 0 Å². The molecule has 1 aromatic carbocycles. The number of rotatable bonds is 4. The summed E-state index contributed by atoms with van der Waals surface area (Å²) < 4.78 is 28.5. The normalized spacial score (nSPS) is 12.5. The third-order valence-corrected chi connectivity index (χ3v) is 4.35. The standard InChI is InChI=1S/C13H20O3S/c1-6-13(2,3)10-7-8-11(16-4)12(9-10)17(5,14)15/h7-9H,6H2,1-5H3. The van der Waals surface area contributed by atoms with Crippen LogP contribution in [0.5, 0.6) is 5.75 Å². The molecule has 0 atom stereocenters. The third-order valence-electron chi connectivity index (χ3n) is 3.23. The van der Waals surface area contributed by atoms with Gasteiger partial charge < -0.3 is 4.74 Å². The van der Waals surface area contributed by atoms with E-state index in [0.717, 1.165) is 12.0 Å². The van der Waals surface area contributed by atoms with Gasteiger partial charge in [-0.15, -0.1) is 0 Å². The van der Waals surface area contributed by atoms with Crippen molar-refractivity contribution in [3.8, 4) is 5.75 Å². The lowest BCUT2D eigenvalue weighted by Gasteiger charge is -2.24. The van der Waals surface area contributed by atoms with Gasteiger partial charge in [0.15, 0.2) is 9.84 Å². The zero-order valence-corrected chi connectivity index (χ0v) is 11.9. The van der Waals surface area contributed by atoms with Crippen LogP contribution in [0.15, 0.2) is 23.1 Å². The van der Waals surface area contributed by atoms with Gasteiger partial charge in [-0.25, -0.2) is 8.42 Å². The van der Waals surface area contributed by atoms with Gasteiger partial charge in [-0.3, -0.25) is 0 Å². The molecule has 0 aliphatic heterocycles. The molecule has 0 aromatic heterocycles. The highest BCUT2D eigenvalue weighted by molar-refractivity contribution is 7.90. The van der Waals surface area contributed by atoms with Gasteiger partial charge in [0.2, 0.25) is 0 Å². The molecule has 1 rings (SSSR count). The SMILES string of the molecule is CCC(C)(C)c1ccc(OC)c(S(C)(=O)=O)c1. The first-order valence-corrected chi connectivity index (χ1v) is 7.50. The van der Waals surface area contributed by atoms with Crippen LogP contribution >= 0.6 is 0 Å². The van der Waals surface area contributed by atoms with Gasteiger partial charge in [-0.2, -0.15) is 0 Å². The van der Waals surface area contributed by atoms with E-state index in [9.17, 15) is 8.42 Å². The quantitative estimate of drug-likeness (QED) is 0.832. The van der Waals surface area contributed by atoms with Gasteiger partial charge in [0.25, 0.3) is 0 Å². The highest BCUT2D eigenvalue weighted by Crippen LogP contribution is 2.32. The third kappa shape index (κ3) is 3.00. The summed E-state index contributed by atoms with van der Waals surface area (Å²) in [4.78, 5) is 0.263. The van der Waals surface area contributed by atoms with Crippen molar-refractivity contribution in [2.24, 2.45) is 0 Å². The van der Waals surface area contributed by atoms with Crippen molar-refractivity contribution >= 4 is 9.84 Å². The molecule has 4 heteroatoms. The van der Waals surface area contributed by atoms with E-state index in [4.69, 9.17) is 4.74 Å². The molecule has 0 unspecified atom stereocenters. The van der Waals surface area contributed by atoms with Crippen molar-refractivity contribution in [3.63, 3.8) is 0 Å². The Morgan fingerprint density at radius 2 is 1.88 bits per heavy atom. The minimum absolute atomic E-state index is 0.0360. The molecule has 0 N–H and O–H groups in total. The molecule has 0 aliphatic rings. The fraction of sp³-hybridized carbons (Fsp3) is 0.538. The van der Waals surface area contributed by atoms with Crippen LogP contribution < -0.4 is 4.74 Å². The monoisotopic (exact) mass is 256 g/mol. The second-order valence-electron chi connectivity index (χ2n) is 4.88.